The van der Waals surface area contributed by atoms with Gasteiger partial charge in [-0.1, -0.05) is 38.1 Å². The Hall–Kier alpha value is -1.60. The number of likely N-dealkylation sites (tertiary alicyclic amines) is 1. The van der Waals surface area contributed by atoms with E-state index in [1.807, 2.05) is 24.3 Å². The predicted molar refractivity (Wildman–Crippen MR) is 107 cm³/mol. The second-order valence-electron chi connectivity index (χ2n) is 7.30. The summed E-state index contributed by atoms with van der Waals surface area (Å²) >= 11 is 0. The molecule has 1 aliphatic rings. The minimum absolute atomic E-state index is 0.000751. The van der Waals surface area contributed by atoms with Crippen LogP contribution in [0.15, 0.2) is 29.3 Å². The van der Waals surface area contributed by atoms with E-state index in [-0.39, 0.29) is 5.75 Å². The summed E-state index contributed by atoms with van der Waals surface area (Å²) in [5.74, 6) is 2.32. The minimum atomic E-state index is -3.24. The maximum atomic E-state index is 11.6. The Bertz CT molecular complexity index is 691. The predicted octanol–water partition coefficient (Wildman–Crippen LogP) is 2.18. The second-order valence-corrected chi connectivity index (χ2v) is 9.23. The molecule has 0 radical (unpaired) electrons. The van der Waals surface area contributed by atoms with Crippen molar-refractivity contribution in [3.8, 4) is 0 Å². The molecule has 1 aromatic rings. The third-order valence-electron chi connectivity index (χ3n) is 4.61. The Kier molecular flexibility index (Phi) is 7.46. The SMILES string of the molecule is CCNC(=NCc1ccc(CS(=O)(=O)NC)cc1)N1CC(C)CC(C)C1. The molecule has 0 aromatic heterocycles. The van der Waals surface area contributed by atoms with E-state index >= 15 is 0 Å². The second kappa shape index (κ2) is 9.37. The van der Waals surface area contributed by atoms with Crippen LogP contribution in [-0.4, -0.2) is 46.0 Å². The van der Waals surface area contributed by atoms with Crippen LogP contribution in [0.25, 0.3) is 0 Å². The minimum Gasteiger partial charge on any atom is -0.357 e. The third kappa shape index (κ3) is 6.29. The van der Waals surface area contributed by atoms with Crippen LogP contribution in [0.1, 0.15) is 38.3 Å². The Labute approximate surface area is 158 Å². The smallest absolute Gasteiger partial charge is 0.215 e. The van der Waals surface area contributed by atoms with Gasteiger partial charge in [0, 0.05) is 19.6 Å². The maximum absolute atomic E-state index is 11.6. The highest BCUT2D eigenvalue weighted by Gasteiger charge is 2.23. The number of hydrogen-bond donors (Lipinski definition) is 2. The summed E-state index contributed by atoms with van der Waals surface area (Å²) in [6, 6.07) is 7.62. The van der Waals surface area contributed by atoms with Crippen LogP contribution >= 0.6 is 0 Å². The van der Waals surface area contributed by atoms with Crippen molar-refractivity contribution < 1.29 is 8.42 Å². The zero-order valence-electron chi connectivity index (χ0n) is 16.3. The third-order valence-corrected chi connectivity index (χ3v) is 5.94. The van der Waals surface area contributed by atoms with Gasteiger partial charge in [0.2, 0.25) is 10.0 Å². The number of nitrogens with one attached hydrogen (secondary N) is 2. The maximum Gasteiger partial charge on any atom is 0.215 e. The molecule has 146 valence electrons. The molecule has 6 nitrogen and oxygen atoms in total. The highest BCUT2D eigenvalue weighted by Crippen LogP contribution is 2.21. The number of guanidine groups is 1. The van der Waals surface area contributed by atoms with Gasteiger partial charge in [0.25, 0.3) is 0 Å². The van der Waals surface area contributed by atoms with Crippen LogP contribution in [0, 0.1) is 11.8 Å². The molecule has 1 heterocycles. The fourth-order valence-electron chi connectivity index (χ4n) is 3.46. The van der Waals surface area contributed by atoms with E-state index in [0.29, 0.717) is 18.4 Å². The average molecular weight is 381 g/mol. The van der Waals surface area contributed by atoms with Crippen LogP contribution in [0.2, 0.25) is 0 Å². The first-order valence-electron chi connectivity index (χ1n) is 9.35. The molecule has 7 heteroatoms. The van der Waals surface area contributed by atoms with E-state index < -0.39 is 10.0 Å². The van der Waals surface area contributed by atoms with Crippen molar-refractivity contribution in [2.45, 2.75) is 39.5 Å². The standard InChI is InChI=1S/C19H32N4O2S/c1-5-21-19(23-12-15(2)10-16(3)13-23)22-11-17-6-8-18(9-7-17)14-26(24,25)20-4/h6-9,15-16,20H,5,10-14H2,1-4H3,(H,21,22). The zero-order chi connectivity index (χ0) is 19.2. The van der Waals surface area contributed by atoms with Crippen LogP contribution in [-0.2, 0) is 22.3 Å². The number of benzene rings is 1. The van der Waals surface area contributed by atoms with Gasteiger partial charge in [0.05, 0.1) is 12.3 Å². The lowest BCUT2D eigenvalue weighted by Gasteiger charge is -2.37. The summed E-state index contributed by atoms with van der Waals surface area (Å²) in [6.07, 6.45) is 1.27. The molecule has 1 fully saturated rings. The van der Waals surface area contributed by atoms with Crippen molar-refractivity contribution in [2.75, 3.05) is 26.7 Å². The lowest BCUT2D eigenvalue weighted by Crippen LogP contribution is -2.48. The average Bonchev–Trinajstić information content (AvgIpc) is 2.59. The van der Waals surface area contributed by atoms with Crippen molar-refractivity contribution in [3.05, 3.63) is 35.4 Å². The first kappa shape index (κ1) is 20.7. The summed E-state index contributed by atoms with van der Waals surface area (Å²) in [6.45, 7) is 10.2. The zero-order valence-corrected chi connectivity index (χ0v) is 17.1. The van der Waals surface area contributed by atoms with Gasteiger partial charge in [-0.2, -0.15) is 0 Å². The summed E-state index contributed by atoms with van der Waals surface area (Å²) in [4.78, 5) is 7.15. The van der Waals surface area contributed by atoms with Gasteiger partial charge in [-0.15, -0.1) is 0 Å². The van der Waals surface area contributed by atoms with Gasteiger partial charge in [-0.05, 0) is 43.4 Å². The van der Waals surface area contributed by atoms with Gasteiger partial charge in [-0.3, -0.25) is 0 Å². The molecule has 1 aliphatic heterocycles. The normalized spacial score (nSPS) is 21.7. The van der Waals surface area contributed by atoms with Gasteiger partial charge < -0.3 is 10.2 Å². The number of hydrogen-bond acceptors (Lipinski definition) is 3. The van der Waals surface area contributed by atoms with Crippen molar-refractivity contribution in [1.82, 2.24) is 14.9 Å². The number of sulfonamides is 1. The first-order chi connectivity index (χ1) is 12.3. The van der Waals surface area contributed by atoms with Crippen LogP contribution < -0.4 is 10.0 Å². The first-order valence-corrected chi connectivity index (χ1v) is 11.0. The Balaban J connectivity index is 2.04. The van der Waals surface area contributed by atoms with E-state index in [9.17, 15) is 8.42 Å². The molecule has 2 unspecified atom stereocenters. The van der Waals surface area contributed by atoms with Crippen molar-refractivity contribution >= 4 is 16.0 Å². The highest BCUT2D eigenvalue weighted by molar-refractivity contribution is 7.88. The molecule has 2 N–H and O–H groups in total. The summed E-state index contributed by atoms with van der Waals surface area (Å²) in [5, 5.41) is 3.40. The summed E-state index contributed by atoms with van der Waals surface area (Å²) in [5.41, 5.74) is 1.85. The lowest BCUT2D eigenvalue weighted by molar-refractivity contribution is 0.208. The molecule has 0 bridgehead atoms. The van der Waals surface area contributed by atoms with Gasteiger partial charge >= 0.3 is 0 Å². The fourth-order valence-corrected chi connectivity index (χ4v) is 4.24. The number of nitrogens with zero attached hydrogens (tertiary/aromatic N) is 2. The summed E-state index contributed by atoms with van der Waals surface area (Å²) in [7, 11) is -1.80. The van der Waals surface area contributed by atoms with E-state index in [1.165, 1.54) is 13.5 Å². The molecule has 0 amide bonds. The van der Waals surface area contributed by atoms with Crippen LogP contribution in [0.3, 0.4) is 0 Å². The van der Waals surface area contributed by atoms with E-state index in [1.54, 1.807) is 0 Å². The molecule has 2 rings (SSSR count). The Morgan fingerprint density at radius 2 is 1.73 bits per heavy atom. The summed E-state index contributed by atoms with van der Waals surface area (Å²) < 4.78 is 25.6. The van der Waals surface area contributed by atoms with Crippen molar-refractivity contribution in [1.29, 1.82) is 0 Å². The Morgan fingerprint density at radius 3 is 2.27 bits per heavy atom. The molecule has 0 saturated carbocycles. The monoisotopic (exact) mass is 380 g/mol. The number of piperidine rings is 1. The number of rotatable bonds is 6. The topological polar surface area (TPSA) is 73.8 Å². The Morgan fingerprint density at radius 1 is 1.15 bits per heavy atom. The molecular formula is C19H32N4O2S. The molecule has 26 heavy (non-hydrogen) atoms. The van der Waals surface area contributed by atoms with Gasteiger partial charge in [0.15, 0.2) is 5.96 Å². The van der Waals surface area contributed by atoms with Gasteiger partial charge in [-0.25, -0.2) is 18.1 Å². The van der Waals surface area contributed by atoms with Crippen molar-refractivity contribution in [2.24, 2.45) is 16.8 Å². The van der Waals surface area contributed by atoms with E-state index in [2.05, 4.69) is 35.7 Å². The van der Waals surface area contributed by atoms with E-state index in [0.717, 1.165) is 36.7 Å². The fraction of sp³-hybridized carbons (Fsp3) is 0.632. The quantitative estimate of drug-likeness (QED) is 0.586. The highest BCUT2D eigenvalue weighted by atomic mass is 32.2. The largest absolute Gasteiger partial charge is 0.357 e. The molecule has 2 atom stereocenters. The number of aliphatic imine (C=N–C) groups is 1. The van der Waals surface area contributed by atoms with Crippen molar-refractivity contribution in [3.63, 3.8) is 0 Å². The molecule has 1 saturated heterocycles. The van der Waals surface area contributed by atoms with Gasteiger partial charge in [0.1, 0.15) is 0 Å². The van der Waals surface area contributed by atoms with Crippen LogP contribution in [0.5, 0.6) is 0 Å². The molecule has 0 aliphatic carbocycles. The molecule has 1 aromatic carbocycles. The van der Waals surface area contributed by atoms with Crippen LogP contribution in [0.4, 0.5) is 0 Å². The molecular weight excluding hydrogens is 348 g/mol. The lowest BCUT2D eigenvalue weighted by atomic mass is 9.92. The molecule has 0 spiro atoms. The van der Waals surface area contributed by atoms with E-state index in [4.69, 9.17) is 4.99 Å².